The first-order valence-electron chi connectivity index (χ1n) is 9.83. The quantitative estimate of drug-likeness (QED) is 0.671. The van der Waals surface area contributed by atoms with Crippen LogP contribution >= 0.6 is 0 Å². The molecule has 0 saturated carbocycles. The van der Waals surface area contributed by atoms with Crippen molar-refractivity contribution in [2.45, 2.75) is 6.04 Å². The van der Waals surface area contributed by atoms with Crippen LogP contribution in [-0.4, -0.2) is 39.0 Å². The number of hydroxylamine groups is 1. The second kappa shape index (κ2) is 7.04. The first kappa shape index (κ1) is 17.9. The molecule has 150 valence electrons. The molecule has 0 aliphatic carbocycles. The summed E-state index contributed by atoms with van der Waals surface area (Å²) in [5.41, 5.74) is 3.34. The first-order valence-corrected chi connectivity index (χ1v) is 9.83. The van der Waals surface area contributed by atoms with Gasteiger partial charge in [-0.15, -0.1) is 0 Å². The van der Waals surface area contributed by atoms with Gasteiger partial charge in [-0.05, 0) is 36.4 Å². The molecule has 1 fully saturated rings. The van der Waals surface area contributed by atoms with Crippen LogP contribution in [0.15, 0.2) is 60.7 Å². The summed E-state index contributed by atoms with van der Waals surface area (Å²) in [6.07, 6.45) is 0. The molecule has 1 saturated heterocycles. The van der Waals surface area contributed by atoms with Crippen LogP contribution < -0.4 is 19.4 Å². The lowest BCUT2D eigenvalue weighted by atomic mass is 9.91. The Bertz CT molecular complexity index is 1000. The van der Waals surface area contributed by atoms with Crippen molar-refractivity contribution in [1.29, 1.82) is 0 Å². The lowest BCUT2D eigenvalue weighted by molar-refractivity contribution is 0.154. The summed E-state index contributed by atoms with van der Waals surface area (Å²) in [7, 11) is 5.54. The molecule has 2 aliphatic heterocycles. The van der Waals surface area contributed by atoms with Gasteiger partial charge < -0.3 is 14.4 Å². The summed E-state index contributed by atoms with van der Waals surface area (Å²) < 4.78 is 13.3. The fourth-order valence-electron chi connectivity index (χ4n) is 4.56. The Kier molecular flexibility index (Phi) is 4.36. The van der Waals surface area contributed by atoms with Gasteiger partial charge in [0.25, 0.3) is 0 Å². The van der Waals surface area contributed by atoms with Crippen LogP contribution in [0.5, 0.6) is 11.6 Å². The van der Waals surface area contributed by atoms with Crippen molar-refractivity contribution in [3.8, 4) is 17.3 Å². The standard InChI is InChI=1S/C23H25N3O3/c1-24-14-16-15-29-26(18-7-5-4-6-8-18)22(16)20-13-21(28-3)25(23(20)24)17-9-11-19(27-2)12-10-17/h4-13,16,22H,14-15H2,1-3H3. The third-order valence-electron chi connectivity index (χ3n) is 5.84. The molecule has 1 aromatic heterocycles. The van der Waals surface area contributed by atoms with Gasteiger partial charge >= 0.3 is 0 Å². The fourth-order valence-corrected chi connectivity index (χ4v) is 4.56. The topological polar surface area (TPSA) is 39.1 Å². The van der Waals surface area contributed by atoms with Gasteiger partial charge in [0.2, 0.25) is 0 Å². The van der Waals surface area contributed by atoms with Crippen LogP contribution in [-0.2, 0) is 4.84 Å². The zero-order chi connectivity index (χ0) is 20.0. The Balaban J connectivity index is 1.64. The molecular formula is C23H25N3O3. The molecule has 29 heavy (non-hydrogen) atoms. The zero-order valence-electron chi connectivity index (χ0n) is 16.9. The van der Waals surface area contributed by atoms with E-state index in [1.165, 1.54) is 5.56 Å². The number of para-hydroxylation sites is 1. The molecule has 6 nitrogen and oxygen atoms in total. The second-order valence-corrected chi connectivity index (χ2v) is 7.54. The highest BCUT2D eigenvalue weighted by Crippen LogP contribution is 2.49. The third kappa shape index (κ3) is 2.83. The number of rotatable bonds is 4. The predicted molar refractivity (Wildman–Crippen MR) is 113 cm³/mol. The van der Waals surface area contributed by atoms with E-state index in [9.17, 15) is 0 Å². The molecule has 2 aliphatic rings. The average molecular weight is 391 g/mol. The van der Waals surface area contributed by atoms with E-state index < -0.39 is 0 Å². The van der Waals surface area contributed by atoms with Crippen LogP contribution in [0.2, 0.25) is 0 Å². The van der Waals surface area contributed by atoms with Gasteiger partial charge in [-0.2, -0.15) is 0 Å². The largest absolute Gasteiger partial charge is 0.497 e. The number of hydrogen-bond donors (Lipinski definition) is 0. The van der Waals surface area contributed by atoms with Crippen molar-refractivity contribution in [3.63, 3.8) is 0 Å². The monoisotopic (exact) mass is 391 g/mol. The fraction of sp³-hybridized carbons (Fsp3) is 0.304. The van der Waals surface area contributed by atoms with E-state index in [-0.39, 0.29) is 6.04 Å². The maximum Gasteiger partial charge on any atom is 0.199 e. The predicted octanol–water partition coefficient (Wildman–Crippen LogP) is 4.05. The van der Waals surface area contributed by atoms with Crippen LogP contribution in [0.25, 0.3) is 5.69 Å². The normalized spacial score (nSPS) is 20.4. The van der Waals surface area contributed by atoms with E-state index in [1.807, 2.05) is 30.3 Å². The van der Waals surface area contributed by atoms with Gasteiger partial charge in [0, 0.05) is 31.1 Å². The second-order valence-electron chi connectivity index (χ2n) is 7.54. The molecule has 0 radical (unpaired) electrons. The molecule has 2 atom stereocenters. The van der Waals surface area contributed by atoms with Gasteiger partial charge in [-0.3, -0.25) is 9.40 Å². The average Bonchev–Trinajstić information content (AvgIpc) is 3.36. The zero-order valence-corrected chi connectivity index (χ0v) is 16.9. The molecule has 3 aromatic rings. The number of hydrogen-bond acceptors (Lipinski definition) is 5. The molecule has 5 rings (SSSR count). The van der Waals surface area contributed by atoms with Gasteiger partial charge in [-0.25, -0.2) is 5.06 Å². The highest BCUT2D eigenvalue weighted by atomic mass is 16.7. The summed E-state index contributed by atoms with van der Waals surface area (Å²) in [4.78, 5) is 8.46. The van der Waals surface area contributed by atoms with Gasteiger partial charge in [0.1, 0.15) is 11.6 Å². The van der Waals surface area contributed by atoms with E-state index in [0.29, 0.717) is 12.5 Å². The molecule has 0 bridgehead atoms. The number of aromatic nitrogens is 1. The van der Waals surface area contributed by atoms with E-state index in [0.717, 1.165) is 35.4 Å². The minimum absolute atomic E-state index is 0.150. The molecular weight excluding hydrogens is 366 g/mol. The minimum atomic E-state index is 0.150. The minimum Gasteiger partial charge on any atom is -0.497 e. The van der Waals surface area contributed by atoms with Gasteiger partial charge in [0.05, 0.1) is 38.2 Å². The SMILES string of the molecule is COc1ccc(-n2c(OC)cc3c2N(C)CC2CON(c4ccccc4)C32)cc1. The molecule has 2 aromatic carbocycles. The summed E-state index contributed by atoms with van der Waals surface area (Å²) in [6.45, 7) is 1.63. The smallest absolute Gasteiger partial charge is 0.199 e. The van der Waals surface area contributed by atoms with E-state index >= 15 is 0 Å². The summed E-state index contributed by atoms with van der Waals surface area (Å²) >= 11 is 0. The Hall–Kier alpha value is -3.12. The van der Waals surface area contributed by atoms with Crippen LogP contribution in [0.4, 0.5) is 11.5 Å². The Morgan fingerprint density at radius 2 is 1.69 bits per heavy atom. The van der Waals surface area contributed by atoms with Gasteiger partial charge in [0.15, 0.2) is 5.88 Å². The number of methoxy groups -OCH3 is 2. The van der Waals surface area contributed by atoms with Crippen molar-refractivity contribution in [2.24, 2.45) is 5.92 Å². The van der Waals surface area contributed by atoms with Crippen molar-refractivity contribution in [2.75, 3.05) is 44.4 Å². The molecule has 0 spiro atoms. The van der Waals surface area contributed by atoms with Crippen LogP contribution in [0.1, 0.15) is 11.6 Å². The summed E-state index contributed by atoms with van der Waals surface area (Å²) in [5.74, 6) is 3.18. The summed E-state index contributed by atoms with van der Waals surface area (Å²) in [5, 5.41) is 2.06. The number of ether oxygens (including phenoxy) is 2. The van der Waals surface area contributed by atoms with Crippen LogP contribution in [0.3, 0.4) is 0 Å². The highest BCUT2D eigenvalue weighted by Gasteiger charge is 2.45. The third-order valence-corrected chi connectivity index (χ3v) is 5.84. The Morgan fingerprint density at radius 3 is 2.38 bits per heavy atom. The first-order chi connectivity index (χ1) is 14.2. The van der Waals surface area contributed by atoms with Crippen molar-refractivity contribution >= 4 is 11.5 Å². The molecule has 0 N–H and O–H groups in total. The number of fused-ring (bicyclic) bond motifs is 3. The van der Waals surface area contributed by atoms with E-state index in [2.05, 4.69) is 51.9 Å². The maximum atomic E-state index is 6.15. The number of benzene rings is 2. The van der Waals surface area contributed by atoms with Crippen molar-refractivity contribution in [3.05, 3.63) is 66.2 Å². The lowest BCUT2D eigenvalue weighted by Gasteiger charge is -2.36. The number of nitrogens with zero attached hydrogens (tertiary/aromatic N) is 3. The molecule has 3 heterocycles. The molecule has 6 heteroatoms. The van der Waals surface area contributed by atoms with Crippen molar-refractivity contribution < 1.29 is 14.3 Å². The van der Waals surface area contributed by atoms with E-state index in [1.54, 1.807) is 14.2 Å². The molecule has 0 amide bonds. The molecule has 2 unspecified atom stereocenters. The highest BCUT2D eigenvalue weighted by molar-refractivity contribution is 5.65. The number of anilines is 2. The summed E-state index contributed by atoms with van der Waals surface area (Å²) in [6, 6.07) is 20.7. The van der Waals surface area contributed by atoms with Crippen LogP contribution in [0, 0.1) is 5.92 Å². The lowest BCUT2D eigenvalue weighted by Crippen LogP contribution is -2.38. The maximum absolute atomic E-state index is 6.15. The Labute approximate surface area is 170 Å². The van der Waals surface area contributed by atoms with Crippen molar-refractivity contribution in [1.82, 2.24) is 4.57 Å². The van der Waals surface area contributed by atoms with Gasteiger partial charge in [-0.1, -0.05) is 18.2 Å². The van der Waals surface area contributed by atoms with E-state index in [4.69, 9.17) is 14.3 Å². The Morgan fingerprint density at radius 1 is 0.931 bits per heavy atom.